The van der Waals surface area contributed by atoms with Gasteiger partial charge in [-0.1, -0.05) is 26.7 Å². The third kappa shape index (κ3) is 4.45. The van der Waals surface area contributed by atoms with Crippen LogP contribution in [0.5, 0.6) is 0 Å². The molecule has 4 heteroatoms. The Labute approximate surface area is 123 Å². The Balaban J connectivity index is 1.90. The van der Waals surface area contributed by atoms with Crippen molar-refractivity contribution >= 4 is 5.97 Å². The zero-order valence-electron chi connectivity index (χ0n) is 13.2. The Morgan fingerprint density at radius 3 is 2.55 bits per heavy atom. The van der Waals surface area contributed by atoms with Gasteiger partial charge in [-0.2, -0.15) is 0 Å². The summed E-state index contributed by atoms with van der Waals surface area (Å²) >= 11 is 0. The highest BCUT2D eigenvalue weighted by Gasteiger charge is 2.31. The third-order valence-corrected chi connectivity index (χ3v) is 4.91. The molecule has 1 aliphatic carbocycles. The van der Waals surface area contributed by atoms with Crippen LogP contribution in [0.2, 0.25) is 0 Å². The van der Waals surface area contributed by atoms with Gasteiger partial charge in [0, 0.05) is 25.2 Å². The second kappa shape index (κ2) is 7.41. The van der Waals surface area contributed by atoms with E-state index in [0.29, 0.717) is 30.5 Å². The van der Waals surface area contributed by atoms with Crippen molar-refractivity contribution in [1.82, 2.24) is 10.2 Å². The van der Waals surface area contributed by atoms with Crippen molar-refractivity contribution in [3.05, 3.63) is 0 Å². The second-order valence-electron chi connectivity index (χ2n) is 6.85. The number of likely N-dealkylation sites (tertiary alicyclic amines) is 1. The third-order valence-electron chi connectivity index (χ3n) is 4.91. The topological polar surface area (TPSA) is 41.6 Å². The lowest BCUT2D eigenvalue weighted by atomic mass is 9.85. The smallest absolute Gasteiger partial charge is 0.319 e. The molecule has 0 amide bonds. The van der Waals surface area contributed by atoms with Crippen LogP contribution in [0.4, 0.5) is 0 Å². The van der Waals surface area contributed by atoms with Crippen molar-refractivity contribution < 1.29 is 9.53 Å². The van der Waals surface area contributed by atoms with Crippen LogP contribution >= 0.6 is 0 Å². The van der Waals surface area contributed by atoms with E-state index >= 15 is 0 Å². The van der Waals surface area contributed by atoms with Crippen LogP contribution in [0.25, 0.3) is 0 Å². The Bertz CT molecular complexity index is 312. The molecule has 4 nitrogen and oxygen atoms in total. The lowest BCUT2D eigenvalue weighted by Crippen LogP contribution is -2.53. The molecule has 0 aromatic carbocycles. The van der Waals surface area contributed by atoms with Gasteiger partial charge in [0.15, 0.2) is 0 Å². The van der Waals surface area contributed by atoms with Gasteiger partial charge in [0.25, 0.3) is 0 Å². The largest absolute Gasteiger partial charge is 0.468 e. The lowest BCUT2D eigenvalue weighted by Gasteiger charge is -2.40. The fourth-order valence-electron chi connectivity index (χ4n) is 3.64. The Hall–Kier alpha value is -0.610. The molecule has 2 rings (SSSR count). The highest BCUT2D eigenvalue weighted by atomic mass is 16.5. The van der Waals surface area contributed by atoms with Crippen LogP contribution in [-0.4, -0.2) is 49.7 Å². The molecule has 0 aromatic rings. The zero-order chi connectivity index (χ0) is 14.5. The molecule has 116 valence electrons. The summed E-state index contributed by atoms with van der Waals surface area (Å²) in [6, 6.07) is 1.23. The first-order chi connectivity index (χ1) is 9.58. The van der Waals surface area contributed by atoms with Gasteiger partial charge >= 0.3 is 5.97 Å². The molecule has 0 bridgehead atoms. The predicted octanol–water partition coefficient (Wildman–Crippen LogP) is 2.04. The molecular weight excluding hydrogens is 252 g/mol. The van der Waals surface area contributed by atoms with Gasteiger partial charge in [-0.3, -0.25) is 9.69 Å². The number of ether oxygens (including phenoxy) is 1. The van der Waals surface area contributed by atoms with Crippen molar-refractivity contribution in [3.63, 3.8) is 0 Å². The summed E-state index contributed by atoms with van der Waals surface area (Å²) in [5.41, 5.74) is 0. The number of hydrogen-bond donors (Lipinski definition) is 1. The average Bonchev–Trinajstić information content (AvgIpc) is 2.91. The van der Waals surface area contributed by atoms with E-state index in [-0.39, 0.29) is 5.97 Å². The van der Waals surface area contributed by atoms with Crippen molar-refractivity contribution in [2.75, 3.05) is 26.7 Å². The van der Waals surface area contributed by atoms with E-state index in [1.165, 1.54) is 39.2 Å². The van der Waals surface area contributed by atoms with E-state index in [0.717, 1.165) is 13.1 Å². The van der Waals surface area contributed by atoms with E-state index in [1.54, 1.807) is 0 Å². The maximum Gasteiger partial charge on any atom is 0.319 e. The monoisotopic (exact) mass is 282 g/mol. The number of carbonyl (C=O) groups excluding carboxylic acids is 1. The van der Waals surface area contributed by atoms with Gasteiger partial charge < -0.3 is 10.1 Å². The number of methoxy groups -OCH3 is 1. The van der Waals surface area contributed by atoms with Crippen LogP contribution in [0.3, 0.4) is 0 Å². The molecule has 1 heterocycles. The minimum absolute atomic E-state index is 0.117. The predicted molar refractivity (Wildman–Crippen MR) is 80.6 cm³/mol. The van der Waals surface area contributed by atoms with Gasteiger partial charge in [0.05, 0.1) is 13.7 Å². The van der Waals surface area contributed by atoms with Gasteiger partial charge in [-0.15, -0.1) is 0 Å². The van der Waals surface area contributed by atoms with E-state index in [9.17, 15) is 4.79 Å². The Morgan fingerprint density at radius 2 is 1.95 bits per heavy atom. The summed E-state index contributed by atoms with van der Waals surface area (Å²) in [4.78, 5) is 13.8. The average molecular weight is 282 g/mol. The number of hydrogen-bond acceptors (Lipinski definition) is 4. The number of piperidine rings is 1. The molecule has 1 saturated carbocycles. The number of nitrogens with zero attached hydrogens (tertiary/aromatic N) is 1. The summed E-state index contributed by atoms with van der Waals surface area (Å²) in [7, 11) is 1.47. The highest BCUT2D eigenvalue weighted by Crippen LogP contribution is 2.26. The molecule has 1 saturated heterocycles. The Morgan fingerprint density at radius 1 is 1.25 bits per heavy atom. The van der Waals surface area contributed by atoms with Crippen molar-refractivity contribution in [2.45, 2.75) is 58.0 Å². The molecule has 1 aliphatic heterocycles. The summed E-state index contributed by atoms with van der Waals surface area (Å²) < 4.78 is 4.82. The molecule has 0 spiro atoms. The van der Waals surface area contributed by atoms with E-state index in [2.05, 4.69) is 24.1 Å². The van der Waals surface area contributed by atoms with Crippen molar-refractivity contribution in [1.29, 1.82) is 0 Å². The van der Waals surface area contributed by atoms with Gasteiger partial charge in [0.2, 0.25) is 0 Å². The number of esters is 1. The first-order valence-corrected chi connectivity index (χ1v) is 8.13. The summed E-state index contributed by atoms with van der Waals surface area (Å²) in [5, 5.41) is 3.83. The molecule has 0 radical (unpaired) electrons. The van der Waals surface area contributed by atoms with E-state index in [4.69, 9.17) is 4.74 Å². The van der Waals surface area contributed by atoms with Crippen LogP contribution in [0.1, 0.15) is 46.0 Å². The first-order valence-electron chi connectivity index (χ1n) is 8.13. The quantitative estimate of drug-likeness (QED) is 0.784. The minimum atomic E-state index is -0.117. The van der Waals surface area contributed by atoms with Crippen LogP contribution < -0.4 is 5.32 Å². The standard InChI is InChI=1S/C16H30N2O2/c1-12(2)13-8-15(17-14-6-4-5-7-14)10-18(9-13)11-16(19)20-3/h12-15,17H,4-11H2,1-3H3. The molecule has 2 unspecified atom stereocenters. The maximum atomic E-state index is 11.5. The van der Waals surface area contributed by atoms with Gasteiger partial charge in [-0.05, 0) is 31.1 Å². The highest BCUT2D eigenvalue weighted by molar-refractivity contribution is 5.71. The van der Waals surface area contributed by atoms with Crippen molar-refractivity contribution in [2.24, 2.45) is 11.8 Å². The summed E-state index contributed by atoms with van der Waals surface area (Å²) in [6.07, 6.45) is 6.61. The van der Waals surface area contributed by atoms with E-state index < -0.39 is 0 Å². The summed E-state index contributed by atoms with van der Waals surface area (Å²) in [5.74, 6) is 1.23. The molecule has 2 aliphatic rings. The molecule has 0 aromatic heterocycles. The second-order valence-corrected chi connectivity index (χ2v) is 6.85. The van der Waals surface area contributed by atoms with Crippen LogP contribution in [0, 0.1) is 11.8 Å². The molecular formula is C16H30N2O2. The molecule has 20 heavy (non-hydrogen) atoms. The number of carbonyl (C=O) groups is 1. The van der Waals surface area contributed by atoms with Crippen LogP contribution in [0.15, 0.2) is 0 Å². The van der Waals surface area contributed by atoms with E-state index in [1.807, 2.05) is 0 Å². The molecule has 2 atom stereocenters. The van der Waals surface area contributed by atoms with Gasteiger partial charge in [0.1, 0.15) is 0 Å². The van der Waals surface area contributed by atoms with Crippen molar-refractivity contribution in [3.8, 4) is 0 Å². The minimum Gasteiger partial charge on any atom is -0.468 e. The SMILES string of the molecule is COC(=O)CN1CC(NC2CCCC2)CC(C(C)C)C1. The zero-order valence-corrected chi connectivity index (χ0v) is 13.2. The fraction of sp³-hybridized carbons (Fsp3) is 0.938. The number of rotatable bonds is 5. The number of nitrogens with one attached hydrogen (secondary N) is 1. The lowest BCUT2D eigenvalue weighted by molar-refractivity contribution is -0.142. The summed E-state index contributed by atoms with van der Waals surface area (Å²) in [6.45, 7) is 7.02. The Kier molecular flexibility index (Phi) is 5.85. The molecule has 2 fully saturated rings. The maximum absolute atomic E-state index is 11.5. The molecule has 1 N–H and O–H groups in total. The normalized spacial score (nSPS) is 29.0. The van der Waals surface area contributed by atoms with Crippen LogP contribution in [-0.2, 0) is 9.53 Å². The first kappa shape index (κ1) is 15.8. The van der Waals surface area contributed by atoms with Gasteiger partial charge in [-0.25, -0.2) is 0 Å². The fourth-order valence-corrected chi connectivity index (χ4v) is 3.64.